The summed E-state index contributed by atoms with van der Waals surface area (Å²) in [5, 5.41) is 12.8. The molecule has 0 saturated heterocycles. The van der Waals surface area contributed by atoms with E-state index in [1.54, 1.807) is 23.6 Å². The number of ether oxygens (including phenoxy) is 1. The topological polar surface area (TPSA) is 62.2 Å². The van der Waals surface area contributed by atoms with Crippen LogP contribution in [0.15, 0.2) is 41.8 Å². The summed E-state index contributed by atoms with van der Waals surface area (Å²) in [5.41, 5.74) is 1.39. The van der Waals surface area contributed by atoms with Crippen molar-refractivity contribution in [2.45, 2.75) is 13.0 Å². The molecule has 0 amide bonds. The first kappa shape index (κ1) is 21.8. The van der Waals surface area contributed by atoms with E-state index in [-0.39, 0.29) is 53.2 Å². The number of aromatic carboxylic acids is 1. The van der Waals surface area contributed by atoms with E-state index in [1.165, 1.54) is 6.07 Å². The quantitative estimate of drug-likeness (QED) is 0.551. The van der Waals surface area contributed by atoms with Crippen molar-refractivity contribution in [1.82, 2.24) is 4.98 Å². The fourth-order valence-electron chi connectivity index (χ4n) is 2.30. The van der Waals surface area contributed by atoms with Crippen LogP contribution in [0.5, 0.6) is 5.75 Å². The molecular weight excluding hydrogens is 407 g/mol. The Morgan fingerprint density at radius 1 is 1.19 bits per heavy atom. The molecule has 9 heteroatoms. The summed E-state index contributed by atoms with van der Waals surface area (Å²) in [4.78, 5) is 14.8. The third kappa shape index (κ3) is 5.73. The Morgan fingerprint density at radius 2 is 1.96 bits per heavy atom. The van der Waals surface area contributed by atoms with Gasteiger partial charge < -0.3 is 14.6 Å². The second kappa shape index (κ2) is 9.61. The summed E-state index contributed by atoms with van der Waals surface area (Å²) in [6.45, 7) is -0.0951. The second-order valence-corrected chi connectivity index (χ2v) is 6.68. The Morgan fingerprint density at radius 3 is 2.63 bits per heavy atom. The van der Waals surface area contributed by atoms with Crippen LogP contribution in [-0.2, 0) is 13.0 Å². The maximum atomic E-state index is 13.7. The van der Waals surface area contributed by atoms with Crippen molar-refractivity contribution < 1.29 is 53.0 Å². The van der Waals surface area contributed by atoms with Crippen molar-refractivity contribution >= 4 is 28.9 Å². The summed E-state index contributed by atoms with van der Waals surface area (Å²) >= 11 is 6.99. The molecule has 3 rings (SSSR count). The van der Waals surface area contributed by atoms with Crippen molar-refractivity contribution in [3.8, 4) is 5.75 Å². The monoisotopic (exact) mass is 417 g/mol. The summed E-state index contributed by atoms with van der Waals surface area (Å²) < 4.78 is 32.4. The first-order chi connectivity index (χ1) is 12.4. The molecule has 0 aliphatic rings. The zero-order valence-corrected chi connectivity index (χ0v) is 17.7. The minimum atomic E-state index is -1.34. The maximum Gasteiger partial charge on any atom is 1.00 e. The van der Waals surface area contributed by atoms with Crippen LogP contribution in [0.1, 0.15) is 26.6 Å². The second-order valence-electron chi connectivity index (χ2n) is 5.38. The Hall–Kier alpha value is -1.51. The maximum absolute atomic E-state index is 13.7. The molecule has 3 aromatic rings. The average molecular weight is 418 g/mol. The molecule has 0 unspecified atom stereocenters. The normalized spacial score (nSPS) is 10.3. The number of hydrogen-bond acceptors (Lipinski definition) is 5. The van der Waals surface area contributed by atoms with E-state index < -0.39 is 17.6 Å². The number of benzene rings is 2. The van der Waals surface area contributed by atoms with Gasteiger partial charge in [-0.25, -0.2) is 13.8 Å². The molecule has 134 valence electrons. The predicted octanol–water partition coefficient (Wildman–Crippen LogP) is 0.612. The van der Waals surface area contributed by atoms with Crippen LogP contribution in [0, 0.1) is 11.6 Å². The van der Waals surface area contributed by atoms with E-state index >= 15 is 0 Å². The van der Waals surface area contributed by atoms with E-state index in [1.807, 2.05) is 0 Å². The predicted molar refractivity (Wildman–Crippen MR) is 91.4 cm³/mol. The van der Waals surface area contributed by atoms with Crippen LogP contribution in [0.3, 0.4) is 0 Å². The van der Waals surface area contributed by atoms with Gasteiger partial charge in [-0.2, -0.15) is 0 Å². The summed E-state index contributed by atoms with van der Waals surface area (Å²) in [7, 11) is 0. The van der Waals surface area contributed by atoms with Gasteiger partial charge in [0.2, 0.25) is 0 Å². The van der Waals surface area contributed by atoms with Gasteiger partial charge in [0.15, 0.2) is 0 Å². The zero-order valence-electron chi connectivity index (χ0n) is 14.2. The van der Waals surface area contributed by atoms with Crippen LogP contribution in [0.4, 0.5) is 8.78 Å². The number of rotatable bonds is 6. The standard InChI is InChI=1S/C18H12ClF2NO3S.Na/c19-12-2-4-16(25-8-10-1-3-13(20)7-15(10)21)11(5-12)6-14-9-26-17(22-14)18(23)24;/h1-5,7,9H,6,8H2,(H,23,24);/q;+1/p-1. The Balaban J connectivity index is 0.00000261. The van der Waals surface area contributed by atoms with Gasteiger partial charge in [-0.1, -0.05) is 11.6 Å². The molecule has 0 spiro atoms. The molecule has 1 heterocycles. The molecule has 1 aromatic heterocycles. The van der Waals surface area contributed by atoms with Crippen LogP contribution in [0.25, 0.3) is 0 Å². The van der Waals surface area contributed by atoms with Gasteiger partial charge in [0.05, 0.1) is 5.69 Å². The Bertz CT molecular complexity index is 968. The average Bonchev–Trinajstić information content (AvgIpc) is 3.04. The number of thiazole rings is 1. The number of halogens is 3. The number of carbonyl (C=O) groups excluding carboxylic acids is 1. The zero-order chi connectivity index (χ0) is 18.7. The van der Waals surface area contributed by atoms with E-state index in [2.05, 4.69) is 4.98 Å². The summed E-state index contributed by atoms with van der Waals surface area (Å²) in [5.74, 6) is -2.25. The number of carboxylic acids is 1. The first-order valence-electron chi connectivity index (χ1n) is 7.43. The molecule has 4 nitrogen and oxygen atoms in total. The fourth-order valence-corrected chi connectivity index (χ4v) is 3.14. The molecule has 0 aliphatic heterocycles. The molecule has 0 atom stereocenters. The van der Waals surface area contributed by atoms with Crippen molar-refractivity contribution in [3.63, 3.8) is 0 Å². The molecule has 2 aromatic carbocycles. The molecule has 0 bridgehead atoms. The third-order valence-corrected chi connectivity index (χ3v) is 4.62. The molecule has 0 N–H and O–H groups in total. The van der Waals surface area contributed by atoms with Crippen molar-refractivity contribution in [2.75, 3.05) is 0 Å². The van der Waals surface area contributed by atoms with E-state index in [9.17, 15) is 18.7 Å². The number of nitrogens with zero attached hydrogens (tertiary/aromatic N) is 1. The largest absolute Gasteiger partial charge is 1.00 e. The summed E-state index contributed by atoms with van der Waals surface area (Å²) in [6, 6.07) is 8.17. The third-order valence-electron chi connectivity index (χ3n) is 3.52. The smallest absolute Gasteiger partial charge is 0.542 e. The minimum absolute atomic E-state index is 0. The molecule has 0 saturated carbocycles. The number of aromatic nitrogens is 1. The van der Waals surface area contributed by atoms with E-state index in [0.717, 1.165) is 23.5 Å². The van der Waals surface area contributed by atoms with Gasteiger partial charge in [-0.3, -0.25) is 0 Å². The van der Waals surface area contributed by atoms with Gasteiger partial charge in [0, 0.05) is 34.0 Å². The van der Waals surface area contributed by atoms with Gasteiger partial charge in [-0.15, -0.1) is 11.3 Å². The first-order valence-corrected chi connectivity index (χ1v) is 8.69. The Labute approximate surface area is 185 Å². The van der Waals surface area contributed by atoms with Crippen LogP contribution in [0.2, 0.25) is 5.02 Å². The molecule has 0 fully saturated rings. The van der Waals surface area contributed by atoms with Crippen LogP contribution < -0.4 is 39.4 Å². The molecular formula is C18H11ClF2NNaO3S. The van der Waals surface area contributed by atoms with E-state index in [4.69, 9.17) is 16.3 Å². The van der Waals surface area contributed by atoms with Crippen molar-refractivity contribution in [1.29, 1.82) is 0 Å². The molecule has 0 aliphatic carbocycles. The Kier molecular flexibility index (Phi) is 7.76. The van der Waals surface area contributed by atoms with Gasteiger partial charge >= 0.3 is 29.6 Å². The van der Waals surface area contributed by atoms with Gasteiger partial charge in [0.1, 0.15) is 35.0 Å². The van der Waals surface area contributed by atoms with Gasteiger partial charge in [-0.05, 0) is 30.3 Å². The molecule has 27 heavy (non-hydrogen) atoms. The van der Waals surface area contributed by atoms with Crippen LogP contribution >= 0.6 is 22.9 Å². The minimum Gasteiger partial charge on any atom is -0.542 e. The number of carbonyl (C=O) groups is 1. The van der Waals surface area contributed by atoms with Crippen molar-refractivity contribution in [3.05, 3.63) is 80.3 Å². The fraction of sp³-hybridized carbons (Fsp3) is 0.111. The summed E-state index contributed by atoms with van der Waals surface area (Å²) in [6.07, 6.45) is 0.283. The SMILES string of the molecule is O=C([O-])c1nc(Cc2cc(Cl)ccc2OCc2ccc(F)cc2F)cs1.[Na+]. The number of carboxylic acid groups (broad SMARTS) is 1. The van der Waals surface area contributed by atoms with Crippen molar-refractivity contribution in [2.24, 2.45) is 0 Å². The van der Waals surface area contributed by atoms with E-state index in [0.29, 0.717) is 22.0 Å². The van der Waals surface area contributed by atoms with Crippen LogP contribution in [-0.4, -0.2) is 11.0 Å². The van der Waals surface area contributed by atoms with Gasteiger partial charge in [0.25, 0.3) is 0 Å². The molecule has 0 radical (unpaired) electrons. The number of hydrogen-bond donors (Lipinski definition) is 0.